The van der Waals surface area contributed by atoms with Crippen molar-refractivity contribution in [1.29, 1.82) is 0 Å². The normalized spacial score (nSPS) is 10.9. The predicted octanol–water partition coefficient (Wildman–Crippen LogP) is 3.69. The van der Waals surface area contributed by atoms with Crippen molar-refractivity contribution in [2.24, 2.45) is 0 Å². The molecule has 1 aromatic rings. The van der Waals surface area contributed by atoms with Gasteiger partial charge in [-0.3, -0.25) is 0 Å². The fourth-order valence-corrected chi connectivity index (χ4v) is 1.84. The van der Waals surface area contributed by atoms with Crippen molar-refractivity contribution in [3.63, 3.8) is 0 Å². The van der Waals surface area contributed by atoms with Crippen molar-refractivity contribution >= 4 is 5.97 Å². The van der Waals surface area contributed by atoms with Gasteiger partial charge in [-0.05, 0) is 49.9 Å². The highest BCUT2D eigenvalue weighted by molar-refractivity contribution is 5.91. The van der Waals surface area contributed by atoms with E-state index in [2.05, 4.69) is 13.8 Å². The summed E-state index contributed by atoms with van der Waals surface area (Å²) in [5.41, 5.74) is 2.52. The summed E-state index contributed by atoms with van der Waals surface area (Å²) < 4.78 is 10.6. The van der Waals surface area contributed by atoms with Crippen LogP contribution in [0.5, 0.6) is 5.75 Å². The number of aryl methyl sites for hydroxylation is 1. The Morgan fingerprint density at radius 1 is 1.17 bits per heavy atom. The maximum absolute atomic E-state index is 11.7. The molecule has 0 unspecified atom stereocenters. The number of hydrogen-bond acceptors (Lipinski definition) is 3. The summed E-state index contributed by atoms with van der Waals surface area (Å²) >= 11 is 0. The lowest BCUT2D eigenvalue weighted by atomic mass is 9.96. The number of methoxy groups -OCH3 is 1. The molecule has 0 bridgehead atoms. The van der Waals surface area contributed by atoms with E-state index in [1.54, 1.807) is 0 Å². The van der Waals surface area contributed by atoms with Crippen molar-refractivity contribution in [2.75, 3.05) is 7.11 Å². The van der Waals surface area contributed by atoms with Crippen LogP contribution in [0.4, 0.5) is 0 Å². The molecular weight excluding hydrogens is 228 g/mol. The third kappa shape index (κ3) is 3.25. The molecule has 1 aromatic carbocycles. The maximum Gasteiger partial charge on any atom is 0.338 e. The fourth-order valence-electron chi connectivity index (χ4n) is 1.84. The maximum atomic E-state index is 11.7. The highest BCUT2D eigenvalue weighted by Crippen LogP contribution is 2.30. The number of ether oxygens (including phenoxy) is 2. The summed E-state index contributed by atoms with van der Waals surface area (Å²) in [4.78, 5) is 11.7. The van der Waals surface area contributed by atoms with Crippen molar-refractivity contribution in [1.82, 2.24) is 0 Å². The molecular formula is C15H22O3. The van der Waals surface area contributed by atoms with Gasteiger partial charge in [0.05, 0.1) is 18.8 Å². The number of benzene rings is 1. The van der Waals surface area contributed by atoms with Crippen LogP contribution in [0.15, 0.2) is 12.1 Å². The molecule has 0 aliphatic rings. The van der Waals surface area contributed by atoms with Crippen molar-refractivity contribution in [2.45, 2.75) is 46.6 Å². The van der Waals surface area contributed by atoms with Crippen LogP contribution in [0.25, 0.3) is 0 Å². The summed E-state index contributed by atoms with van der Waals surface area (Å²) in [7, 11) is 1.40. The van der Waals surface area contributed by atoms with Gasteiger partial charge in [-0.1, -0.05) is 13.8 Å². The Kier molecular flexibility index (Phi) is 4.76. The van der Waals surface area contributed by atoms with Crippen LogP contribution >= 0.6 is 0 Å². The molecule has 0 N–H and O–H groups in total. The molecule has 0 aromatic heterocycles. The molecule has 0 amide bonds. The van der Waals surface area contributed by atoms with Gasteiger partial charge in [-0.15, -0.1) is 0 Å². The average molecular weight is 250 g/mol. The van der Waals surface area contributed by atoms with Gasteiger partial charge in [0.1, 0.15) is 5.75 Å². The monoisotopic (exact) mass is 250 g/mol. The Morgan fingerprint density at radius 3 is 2.22 bits per heavy atom. The molecule has 0 aliphatic heterocycles. The number of carbonyl (C=O) groups is 1. The van der Waals surface area contributed by atoms with E-state index >= 15 is 0 Å². The molecule has 0 atom stereocenters. The molecule has 0 spiro atoms. The lowest BCUT2D eigenvalue weighted by molar-refractivity contribution is 0.0599. The molecule has 0 saturated heterocycles. The first-order valence-electron chi connectivity index (χ1n) is 6.26. The van der Waals surface area contributed by atoms with E-state index in [0.29, 0.717) is 11.5 Å². The Bertz CT molecular complexity index is 434. The minimum atomic E-state index is -0.300. The van der Waals surface area contributed by atoms with E-state index in [-0.39, 0.29) is 12.1 Å². The van der Waals surface area contributed by atoms with Gasteiger partial charge in [-0.25, -0.2) is 4.79 Å². The first-order chi connectivity index (χ1) is 8.36. The van der Waals surface area contributed by atoms with Gasteiger partial charge < -0.3 is 9.47 Å². The van der Waals surface area contributed by atoms with Crippen molar-refractivity contribution in [3.8, 4) is 5.75 Å². The Balaban J connectivity index is 3.29. The zero-order valence-electron chi connectivity index (χ0n) is 12.0. The van der Waals surface area contributed by atoms with Crippen LogP contribution < -0.4 is 4.74 Å². The standard InChI is InChI=1S/C15H22O3/c1-9(2)12-8-13(15(16)17-6)11(5)7-14(12)18-10(3)4/h7-10H,1-6H3. The van der Waals surface area contributed by atoms with Crippen LogP contribution in [0.3, 0.4) is 0 Å². The number of hydrogen-bond donors (Lipinski definition) is 0. The smallest absolute Gasteiger partial charge is 0.338 e. The molecule has 3 nitrogen and oxygen atoms in total. The van der Waals surface area contributed by atoms with Crippen LogP contribution in [-0.4, -0.2) is 19.2 Å². The van der Waals surface area contributed by atoms with Crippen LogP contribution in [0.2, 0.25) is 0 Å². The summed E-state index contributed by atoms with van der Waals surface area (Å²) in [6, 6.07) is 3.80. The average Bonchev–Trinajstić information content (AvgIpc) is 2.27. The predicted molar refractivity (Wildman–Crippen MR) is 72.4 cm³/mol. The minimum Gasteiger partial charge on any atom is -0.491 e. The minimum absolute atomic E-state index is 0.117. The highest BCUT2D eigenvalue weighted by atomic mass is 16.5. The quantitative estimate of drug-likeness (QED) is 0.764. The SMILES string of the molecule is COC(=O)c1cc(C(C)C)c(OC(C)C)cc1C. The summed E-state index contributed by atoms with van der Waals surface area (Å²) in [5, 5.41) is 0. The molecule has 18 heavy (non-hydrogen) atoms. The number of esters is 1. The molecule has 100 valence electrons. The third-order valence-corrected chi connectivity index (χ3v) is 2.75. The van der Waals surface area contributed by atoms with E-state index in [1.807, 2.05) is 32.9 Å². The van der Waals surface area contributed by atoms with Gasteiger partial charge in [0.2, 0.25) is 0 Å². The van der Waals surface area contributed by atoms with Gasteiger partial charge in [0.25, 0.3) is 0 Å². The molecule has 0 fully saturated rings. The second-order valence-corrected chi connectivity index (χ2v) is 5.02. The topological polar surface area (TPSA) is 35.5 Å². The molecule has 0 heterocycles. The lowest BCUT2D eigenvalue weighted by Gasteiger charge is -2.18. The fraction of sp³-hybridized carbons (Fsp3) is 0.533. The second kappa shape index (κ2) is 5.89. The van der Waals surface area contributed by atoms with Crippen molar-refractivity contribution < 1.29 is 14.3 Å². The summed E-state index contributed by atoms with van der Waals surface area (Å²) in [6.45, 7) is 10.0. The zero-order valence-corrected chi connectivity index (χ0v) is 12.0. The number of rotatable bonds is 4. The molecule has 3 heteroatoms. The van der Waals surface area contributed by atoms with E-state index in [4.69, 9.17) is 9.47 Å². The van der Waals surface area contributed by atoms with E-state index in [1.165, 1.54) is 7.11 Å². The summed E-state index contributed by atoms with van der Waals surface area (Å²) in [5.74, 6) is 0.846. The van der Waals surface area contributed by atoms with Crippen LogP contribution in [0.1, 0.15) is 55.1 Å². The molecule has 0 saturated carbocycles. The zero-order chi connectivity index (χ0) is 13.9. The lowest BCUT2D eigenvalue weighted by Crippen LogP contribution is -2.11. The summed E-state index contributed by atoms with van der Waals surface area (Å²) in [6.07, 6.45) is 0.117. The molecule has 0 aliphatic carbocycles. The molecule has 1 rings (SSSR count). The highest BCUT2D eigenvalue weighted by Gasteiger charge is 2.17. The first kappa shape index (κ1) is 14.6. The van der Waals surface area contributed by atoms with Crippen LogP contribution in [0, 0.1) is 6.92 Å². The van der Waals surface area contributed by atoms with E-state index in [0.717, 1.165) is 16.9 Å². The van der Waals surface area contributed by atoms with E-state index < -0.39 is 0 Å². The Morgan fingerprint density at radius 2 is 1.78 bits per heavy atom. The Hall–Kier alpha value is -1.51. The Labute approximate surface area is 109 Å². The second-order valence-electron chi connectivity index (χ2n) is 5.02. The number of carbonyl (C=O) groups excluding carboxylic acids is 1. The van der Waals surface area contributed by atoms with E-state index in [9.17, 15) is 4.79 Å². The third-order valence-electron chi connectivity index (χ3n) is 2.75. The molecule has 0 radical (unpaired) electrons. The van der Waals surface area contributed by atoms with Gasteiger partial charge in [0, 0.05) is 0 Å². The van der Waals surface area contributed by atoms with Gasteiger partial charge >= 0.3 is 5.97 Å². The first-order valence-corrected chi connectivity index (χ1v) is 6.26. The van der Waals surface area contributed by atoms with Crippen molar-refractivity contribution in [3.05, 3.63) is 28.8 Å². The van der Waals surface area contributed by atoms with Gasteiger partial charge in [-0.2, -0.15) is 0 Å². The largest absolute Gasteiger partial charge is 0.491 e. The van der Waals surface area contributed by atoms with Crippen LogP contribution in [-0.2, 0) is 4.74 Å². The van der Waals surface area contributed by atoms with Gasteiger partial charge in [0.15, 0.2) is 0 Å².